The van der Waals surface area contributed by atoms with Crippen molar-refractivity contribution < 1.29 is 63.8 Å². The molecule has 0 bridgehead atoms. The molecule has 310 valence electrons. The van der Waals surface area contributed by atoms with Gasteiger partial charge in [-0.3, -0.25) is 10.1 Å². The number of azo groups is 1. The van der Waals surface area contributed by atoms with Crippen LogP contribution in [0.1, 0.15) is 33.6 Å². The number of rotatable bonds is 18. The van der Waals surface area contributed by atoms with Crippen LogP contribution in [0.3, 0.4) is 0 Å². The predicted molar refractivity (Wildman–Crippen MR) is 190 cm³/mol. The maximum Gasteiger partial charge on any atom is 0.344 e. The van der Waals surface area contributed by atoms with Gasteiger partial charge >= 0.3 is 11.9 Å². The molecule has 4 aromatic carbocycles. The Morgan fingerprint density at radius 2 is 1.22 bits per heavy atom. The maximum atomic E-state index is 14.5. The smallest absolute Gasteiger partial charge is 0.344 e. The third-order valence-electron chi connectivity index (χ3n) is 7.73. The number of non-ortho nitro benzene ring substituents is 1. The number of carbonyl (C=O) groups excluding carboxylic acids is 2. The second-order valence-electron chi connectivity index (χ2n) is 11.4. The van der Waals surface area contributed by atoms with Crippen molar-refractivity contribution in [1.82, 2.24) is 0 Å². The van der Waals surface area contributed by atoms with Crippen molar-refractivity contribution in [2.75, 3.05) is 37.8 Å². The van der Waals surface area contributed by atoms with E-state index in [1.165, 1.54) is 35.2 Å². The number of hydrogen-bond acceptors (Lipinski definition) is 12. The van der Waals surface area contributed by atoms with E-state index < -0.39 is 112 Å². The normalized spacial score (nSPS) is 10.7. The number of terminal acetylenes is 1. The molecule has 0 atom stereocenters. The summed E-state index contributed by atoms with van der Waals surface area (Å²) in [5, 5.41) is 24.4. The molecule has 0 radical (unpaired) electrons. The van der Waals surface area contributed by atoms with Gasteiger partial charge in [-0.05, 0) is 47.8 Å². The number of ether oxygens (including phenoxy) is 3. The van der Waals surface area contributed by atoms with E-state index in [1.807, 2.05) is 9.82 Å². The van der Waals surface area contributed by atoms with Crippen molar-refractivity contribution in [2.24, 2.45) is 20.5 Å². The quantitative estimate of drug-likeness (QED) is 0.00891. The Hall–Kier alpha value is -7.96. The molecule has 0 N–H and O–H groups in total. The van der Waals surface area contributed by atoms with Gasteiger partial charge in [-0.15, -0.1) is 17.5 Å². The Morgan fingerprint density at radius 3 is 1.65 bits per heavy atom. The highest BCUT2D eigenvalue weighted by atomic mass is 19.2. The Morgan fingerprint density at radius 1 is 0.733 bits per heavy atom. The Balaban J connectivity index is 1.58. The second kappa shape index (κ2) is 20.5. The molecule has 0 unspecified atom stereocenters. The lowest BCUT2D eigenvalue weighted by atomic mass is 10.1. The third-order valence-corrected chi connectivity index (χ3v) is 7.73. The van der Waals surface area contributed by atoms with Gasteiger partial charge < -0.3 is 19.1 Å². The van der Waals surface area contributed by atoms with Gasteiger partial charge in [0.15, 0.2) is 52.3 Å². The summed E-state index contributed by atoms with van der Waals surface area (Å²) in [6.07, 6.45) is 6.03. The average molecular weight is 847 g/mol. The van der Waals surface area contributed by atoms with E-state index >= 15 is 0 Å². The van der Waals surface area contributed by atoms with Gasteiger partial charge in [0.25, 0.3) is 5.69 Å². The molecule has 0 heterocycles. The molecule has 60 heavy (non-hydrogen) atoms. The van der Waals surface area contributed by atoms with Gasteiger partial charge in [0.2, 0.25) is 0 Å². The SMILES string of the molecule is C#CCCCOc1cc([N+](=O)[O-])ccc1N=Nc1ccc(N(CCOC(=O)c2c(F)c(F)c(N=[N+]=[N-])c(F)c2F)CCOC(=O)c2c(F)c(F)c(N=[N+]=[N-])c(F)c2F)cc1. The summed E-state index contributed by atoms with van der Waals surface area (Å²) >= 11 is 0. The first-order valence-corrected chi connectivity index (χ1v) is 16.4. The van der Waals surface area contributed by atoms with Crippen LogP contribution < -0.4 is 9.64 Å². The molecule has 0 fully saturated rings. The summed E-state index contributed by atoms with van der Waals surface area (Å²) < 4.78 is 130. The van der Waals surface area contributed by atoms with Crippen LogP contribution in [0, 0.1) is 69.0 Å². The number of carbonyl (C=O) groups is 2. The molecule has 0 saturated heterocycles. The summed E-state index contributed by atoms with van der Waals surface area (Å²) in [6.45, 7) is -2.50. The van der Waals surface area contributed by atoms with Crippen LogP contribution in [0.2, 0.25) is 0 Å². The molecule has 17 nitrogen and oxygen atoms in total. The first-order chi connectivity index (χ1) is 28.7. The second-order valence-corrected chi connectivity index (χ2v) is 11.4. The highest BCUT2D eigenvalue weighted by molar-refractivity contribution is 5.91. The van der Waals surface area contributed by atoms with Crippen molar-refractivity contribution in [1.29, 1.82) is 0 Å². The van der Waals surface area contributed by atoms with E-state index in [-0.39, 0.29) is 35.1 Å². The number of nitro benzene ring substituents is 1. The number of halogens is 8. The number of esters is 2. The van der Waals surface area contributed by atoms with E-state index in [4.69, 9.17) is 31.7 Å². The average Bonchev–Trinajstić information content (AvgIpc) is 3.23. The topological polar surface area (TPSA) is 230 Å². The summed E-state index contributed by atoms with van der Waals surface area (Å²) in [5.41, 5.74) is 9.94. The first kappa shape index (κ1) is 44.8. The number of nitrogens with zero attached hydrogens (tertiary/aromatic N) is 10. The lowest BCUT2D eigenvalue weighted by molar-refractivity contribution is -0.384. The molecule has 0 aromatic heterocycles. The van der Waals surface area contributed by atoms with Crippen LogP contribution in [0.4, 0.5) is 69.2 Å². The van der Waals surface area contributed by atoms with Gasteiger partial charge in [-0.2, -0.15) is 5.11 Å². The molecule has 0 amide bonds. The molecule has 4 aromatic rings. The summed E-state index contributed by atoms with van der Waals surface area (Å²) in [5.74, 6) is -19.2. The zero-order valence-electron chi connectivity index (χ0n) is 29.9. The molecule has 0 aliphatic carbocycles. The molecule has 0 saturated carbocycles. The predicted octanol–water partition coefficient (Wildman–Crippen LogP) is 10.3. The van der Waals surface area contributed by atoms with Crippen LogP contribution in [0.5, 0.6) is 5.75 Å². The van der Waals surface area contributed by atoms with E-state index in [1.54, 1.807) is 0 Å². The fraction of sp³-hybridized carbons (Fsp3) is 0.200. The molecule has 25 heteroatoms. The number of unbranched alkanes of at least 4 members (excludes halogenated alkanes) is 1. The number of hydrogen-bond donors (Lipinski definition) is 0. The van der Waals surface area contributed by atoms with Crippen LogP contribution in [-0.2, 0) is 9.47 Å². The Bertz CT molecular complexity index is 2350. The first-order valence-electron chi connectivity index (χ1n) is 16.4. The lowest BCUT2D eigenvalue weighted by Crippen LogP contribution is -2.32. The molecule has 0 aliphatic heterocycles. The number of benzene rings is 4. The summed E-state index contributed by atoms with van der Waals surface area (Å²) in [7, 11) is 0. The minimum absolute atomic E-state index is 0.0190. The van der Waals surface area contributed by atoms with E-state index in [0.29, 0.717) is 12.8 Å². The van der Waals surface area contributed by atoms with Crippen LogP contribution in [0.25, 0.3) is 20.9 Å². The standard InChI is InChI=1S/C35H22F8N10O7/c1-2-3-4-13-58-21-16-19(53(56)57)9-10-20(21)47-46-17-5-7-18(8-6-17)52(11-14-59-34(54)22-24(36)28(40)32(48-50-44)29(41)25(22)37)12-15-60-35(55)23-26(38)30(42)33(49-51-45)31(43)27(23)39/h1,5-10,16H,3-4,11-15H2. The Kier molecular flexibility index (Phi) is 15.3. The zero-order chi connectivity index (χ0) is 44.1. The fourth-order valence-electron chi connectivity index (χ4n) is 4.89. The number of anilines is 1. The van der Waals surface area contributed by atoms with Crippen LogP contribution >= 0.6 is 0 Å². The lowest BCUT2D eigenvalue weighted by Gasteiger charge is -2.24. The van der Waals surface area contributed by atoms with Gasteiger partial charge in [-0.25, -0.2) is 44.7 Å². The minimum atomic E-state index is -2.24. The van der Waals surface area contributed by atoms with Gasteiger partial charge in [0, 0.05) is 28.0 Å². The molecule has 0 spiro atoms. The van der Waals surface area contributed by atoms with Gasteiger partial charge in [-0.1, -0.05) is 10.2 Å². The van der Waals surface area contributed by atoms with Gasteiger partial charge in [0.05, 0.1) is 36.4 Å². The van der Waals surface area contributed by atoms with Crippen LogP contribution in [-0.4, -0.2) is 49.8 Å². The highest BCUT2D eigenvalue weighted by Gasteiger charge is 2.31. The van der Waals surface area contributed by atoms with Crippen molar-refractivity contribution in [3.05, 3.63) is 131 Å². The Labute approximate surface area is 330 Å². The highest BCUT2D eigenvalue weighted by Crippen LogP contribution is 2.35. The van der Waals surface area contributed by atoms with E-state index in [2.05, 4.69) is 26.4 Å². The number of azide groups is 2. The summed E-state index contributed by atoms with van der Waals surface area (Å²) in [4.78, 5) is 41.1. The fourth-order valence-corrected chi connectivity index (χ4v) is 4.89. The maximum absolute atomic E-state index is 14.5. The number of nitro groups is 1. The molecular weight excluding hydrogens is 824 g/mol. The van der Waals surface area contributed by atoms with Gasteiger partial charge in [0.1, 0.15) is 41.4 Å². The monoisotopic (exact) mass is 846 g/mol. The van der Waals surface area contributed by atoms with Crippen molar-refractivity contribution in [3.63, 3.8) is 0 Å². The zero-order valence-corrected chi connectivity index (χ0v) is 29.9. The van der Waals surface area contributed by atoms with Crippen LogP contribution in [0.15, 0.2) is 62.9 Å². The molecular formula is C35H22F8N10O7. The molecule has 0 aliphatic rings. The van der Waals surface area contributed by atoms with Crippen molar-refractivity contribution in [2.45, 2.75) is 12.8 Å². The molecule has 4 rings (SSSR count). The van der Waals surface area contributed by atoms with E-state index in [9.17, 15) is 54.8 Å². The van der Waals surface area contributed by atoms with E-state index in [0.717, 1.165) is 12.1 Å². The minimum Gasteiger partial charge on any atom is -0.491 e. The third kappa shape index (κ3) is 10.3. The largest absolute Gasteiger partial charge is 0.491 e. The van der Waals surface area contributed by atoms with Crippen molar-refractivity contribution in [3.8, 4) is 18.1 Å². The van der Waals surface area contributed by atoms with Crippen molar-refractivity contribution >= 4 is 46.1 Å². The summed E-state index contributed by atoms with van der Waals surface area (Å²) in [6, 6.07) is 8.97.